The number of hydrogen-bond acceptors (Lipinski definition) is 14. The zero-order valence-corrected chi connectivity index (χ0v) is 32.8. The van der Waals surface area contributed by atoms with Gasteiger partial charge in [-0.3, -0.25) is 0 Å². The largest absolute Gasteiger partial charge is 0.385 e. The van der Waals surface area contributed by atoms with Crippen LogP contribution in [-0.2, 0) is 73.7 Å². The summed E-state index contributed by atoms with van der Waals surface area (Å²) in [5.41, 5.74) is 4.14. The van der Waals surface area contributed by atoms with Gasteiger partial charge in [0.15, 0.2) is 25.2 Å². The highest BCUT2D eigenvalue weighted by Gasteiger charge is 2.52. The van der Waals surface area contributed by atoms with Gasteiger partial charge in [0.25, 0.3) is 0 Å². The molecule has 0 bridgehead atoms. The molecule has 9 rings (SSSR count). The van der Waals surface area contributed by atoms with E-state index in [1.807, 2.05) is 121 Å². The predicted octanol–water partition coefficient (Wildman–Crippen LogP) is 4.38. The van der Waals surface area contributed by atoms with Crippen LogP contribution in [0.25, 0.3) is 0 Å². The smallest absolute Gasteiger partial charge is 0.187 e. The van der Waals surface area contributed by atoms with Crippen LogP contribution in [0.4, 0.5) is 0 Å². The number of hydrogen-bond donors (Lipinski definition) is 2. The lowest BCUT2D eigenvalue weighted by atomic mass is 9.97. The molecule has 15 nitrogen and oxygen atoms in total. The Bertz CT molecular complexity index is 2050. The Morgan fingerprint density at radius 2 is 1.02 bits per heavy atom. The van der Waals surface area contributed by atoms with E-state index in [0.717, 1.165) is 22.3 Å². The fraction of sp³-hybridized carbons (Fsp3) is 0.422. The van der Waals surface area contributed by atoms with E-state index in [4.69, 9.17) is 47.4 Å². The summed E-state index contributed by atoms with van der Waals surface area (Å²) in [6.45, 7) is 1.40. The minimum absolute atomic E-state index is 0.00232. The molecule has 0 saturated carbocycles. The van der Waals surface area contributed by atoms with E-state index in [2.05, 4.69) is 10.3 Å². The van der Waals surface area contributed by atoms with Gasteiger partial charge in [0, 0.05) is 11.1 Å². The minimum atomic E-state index is -1.18. The van der Waals surface area contributed by atoms with Gasteiger partial charge in [0.05, 0.1) is 52.4 Å². The second-order valence-corrected chi connectivity index (χ2v) is 15.1. The third-order valence-corrected chi connectivity index (χ3v) is 10.9. The maximum Gasteiger partial charge on any atom is 0.187 e. The van der Waals surface area contributed by atoms with Crippen LogP contribution in [0.5, 0.6) is 0 Å². The van der Waals surface area contributed by atoms with Crippen molar-refractivity contribution in [2.75, 3.05) is 19.8 Å². The lowest BCUT2D eigenvalue weighted by Crippen LogP contribution is -2.63. The first-order valence-corrected chi connectivity index (χ1v) is 20.3. The molecule has 4 aliphatic heterocycles. The van der Waals surface area contributed by atoms with Gasteiger partial charge in [-0.25, -0.2) is 4.68 Å². The van der Waals surface area contributed by atoms with Crippen molar-refractivity contribution in [1.82, 2.24) is 15.0 Å². The number of nitrogens with zero attached hydrogens (tertiary/aromatic N) is 3. The Hall–Kier alpha value is -4.46. The van der Waals surface area contributed by atoms with Gasteiger partial charge < -0.3 is 57.6 Å². The summed E-state index contributed by atoms with van der Waals surface area (Å²) in [4.78, 5) is 0. The third-order valence-electron chi connectivity index (χ3n) is 10.9. The molecule has 0 spiro atoms. The van der Waals surface area contributed by atoms with E-state index in [1.165, 1.54) is 0 Å². The lowest BCUT2D eigenvalue weighted by molar-refractivity contribution is -0.368. The molecule has 4 aliphatic rings. The number of fused-ring (bicyclic) bond motifs is 2. The molecule has 2 unspecified atom stereocenters. The van der Waals surface area contributed by atoms with Crippen LogP contribution in [0.2, 0.25) is 0 Å². The Labute approximate surface area is 347 Å². The number of ether oxygens (including phenoxy) is 10. The van der Waals surface area contributed by atoms with E-state index >= 15 is 0 Å². The molecule has 0 amide bonds. The van der Waals surface area contributed by atoms with E-state index in [-0.39, 0.29) is 39.6 Å². The molecule has 12 atom stereocenters. The Morgan fingerprint density at radius 1 is 0.550 bits per heavy atom. The summed E-state index contributed by atoms with van der Waals surface area (Å²) < 4.78 is 63.7. The molecule has 1 aromatic heterocycles. The molecule has 0 radical (unpaired) electrons. The Balaban J connectivity index is 0.799. The standard InChI is InChI=1S/C45H49N3O12/c49-36-40(52-24-29-13-5-1-6-14-29)38-34(27-55-42(59-38)31-17-9-3-10-18-31)57-44(36)51-22-21-48-23-33(46-47-48)26-54-45-37(50)41(53-25-30-15-7-2-8-16-30)39-35(58-45)28-56-43(60-39)32-19-11-4-12-20-32/h1-20,23,34-45,49-50H,21-22,24-28H2/t34-,35-,36+,37+,38-,39-,40-,41-,42?,43?,44-,45-/m1/s1. The molecule has 5 aromatic rings. The van der Waals surface area contributed by atoms with Gasteiger partial charge in [0.1, 0.15) is 54.5 Å². The van der Waals surface area contributed by atoms with Crippen molar-refractivity contribution < 1.29 is 57.6 Å². The zero-order valence-electron chi connectivity index (χ0n) is 32.8. The summed E-state index contributed by atoms with van der Waals surface area (Å²) in [5, 5.41) is 31.6. The number of benzene rings is 4. The molecule has 15 heteroatoms. The van der Waals surface area contributed by atoms with Crippen LogP contribution >= 0.6 is 0 Å². The molecule has 60 heavy (non-hydrogen) atoms. The molecule has 0 aliphatic carbocycles. The SMILES string of the molecule is O[C@@H]1[C@H](OCCn2cc(CO[C@@H]3O[C@@H]4COC(c5ccccc5)O[C@H]4[C@H](OCc4ccccc4)[C@@H]3O)nn2)O[C@@H]2COC(c3ccccc3)O[C@H]2[C@@H]1OCc1ccccc1. The van der Waals surface area contributed by atoms with E-state index in [9.17, 15) is 10.2 Å². The average Bonchev–Trinajstić information content (AvgIpc) is 3.76. The Morgan fingerprint density at radius 3 is 1.52 bits per heavy atom. The molecule has 2 N–H and O–H groups in total. The minimum Gasteiger partial charge on any atom is -0.385 e. The third kappa shape index (κ3) is 9.68. The highest BCUT2D eigenvalue weighted by Crippen LogP contribution is 2.38. The normalized spacial score (nSPS) is 31.6. The fourth-order valence-corrected chi connectivity index (χ4v) is 7.82. The maximum absolute atomic E-state index is 11.6. The summed E-state index contributed by atoms with van der Waals surface area (Å²) >= 11 is 0. The summed E-state index contributed by atoms with van der Waals surface area (Å²) in [6, 6.07) is 38.7. The second-order valence-electron chi connectivity index (χ2n) is 15.1. The molecular weight excluding hydrogens is 775 g/mol. The van der Waals surface area contributed by atoms with Crippen molar-refractivity contribution in [2.45, 2.75) is 100 Å². The molecular formula is C45H49N3O12. The van der Waals surface area contributed by atoms with Crippen LogP contribution in [-0.4, -0.2) is 106 Å². The molecule has 4 saturated heterocycles. The van der Waals surface area contributed by atoms with E-state index in [1.54, 1.807) is 10.9 Å². The van der Waals surface area contributed by atoms with Gasteiger partial charge in [-0.1, -0.05) is 127 Å². The van der Waals surface area contributed by atoms with Crippen LogP contribution < -0.4 is 0 Å². The van der Waals surface area contributed by atoms with Crippen molar-refractivity contribution in [3.8, 4) is 0 Å². The highest BCUT2D eigenvalue weighted by atomic mass is 16.8. The molecule has 4 aromatic carbocycles. The van der Waals surface area contributed by atoms with Crippen molar-refractivity contribution in [1.29, 1.82) is 0 Å². The first-order chi connectivity index (χ1) is 29.6. The van der Waals surface area contributed by atoms with Gasteiger partial charge >= 0.3 is 0 Å². The lowest BCUT2D eigenvalue weighted by Gasteiger charge is -2.47. The fourth-order valence-electron chi connectivity index (χ4n) is 7.82. The van der Waals surface area contributed by atoms with E-state index < -0.39 is 74.0 Å². The molecule has 316 valence electrons. The average molecular weight is 824 g/mol. The summed E-state index contributed by atoms with van der Waals surface area (Å²) in [5.74, 6) is 0. The van der Waals surface area contributed by atoms with E-state index in [0.29, 0.717) is 12.2 Å². The predicted molar refractivity (Wildman–Crippen MR) is 210 cm³/mol. The topological polar surface area (TPSA) is 163 Å². The highest BCUT2D eigenvalue weighted by molar-refractivity contribution is 5.19. The van der Waals surface area contributed by atoms with Gasteiger partial charge in [-0.05, 0) is 11.1 Å². The molecule has 5 heterocycles. The van der Waals surface area contributed by atoms with Crippen molar-refractivity contribution in [3.05, 3.63) is 155 Å². The number of aliphatic hydroxyl groups is 2. The second kappa shape index (κ2) is 19.5. The van der Waals surface area contributed by atoms with Crippen molar-refractivity contribution in [2.24, 2.45) is 0 Å². The molecule has 4 fully saturated rings. The number of aliphatic hydroxyl groups excluding tert-OH is 2. The quantitative estimate of drug-likeness (QED) is 0.153. The zero-order chi connectivity index (χ0) is 40.7. The van der Waals surface area contributed by atoms with Gasteiger partial charge in [0.2, 0.25) is 0 Å². The summed E-state index contributed by atoms with van der Waals surface area (Å²) in [6.07, 6.45) is -7.80. The first kappa shape index (κ1) is 40.9. The van der Waals surface area contributed by atoms with Crippen LogP contribution in [0.3, 0.4) is 0 Å². The van der Waals surface area contributed by atoms with Crippen molar-refractivity contribution >= 4 is 0 Å². The number of aromatic nitrogens is 3. The Kier molecular flexibility index (Phi) is 13.3. The van der Waals surface area contributed by atoms with Crippen molar-refractivity contribution in [3.63, 3.8) is 0 Å². The number of rotatable bonds is 15. The van der Waals surface area contributed by atoms with Gasteiger partial charge in [-0.15, -0.1) is 5.10 Å². The van der Waals surface area contributed by atoms with Crippen LogP contribution in [0.1, 0.15) is 40.5 Å². The van der Waals surface area contributed by atoms with Crippen LogP contribution in [0.15, 0.2) is 128 Å². The maximum atomic E-state index is 11.6. The summed E-state index contributed by atoms with van der Waals surface area (Å²) in [7, 11) is 0. The first-order valence-electron chi connectivity index (χ1n) is 20.3. The van der Waals surface area contributed by atoms with Crippen LogP contribution in [0, 0.1) is 0 Å². The monoisotopic (exact) mass is 823 g/mol. The van der Waals surface area contributed by atoms with Gasteiger partial charge in [-0.2, -0.15) is 0 Å².